The molecule has 6 nitrogen and oxygen atoms in total. The number of hydrogen-bond donors (Lipinski definition) is 2. The lowest BCUT2D eigenvalue weighted by Crippen LogP contribution is -2.38. The van der Waals surface area contributed by atoms with Crippen LogP contribution < -0.4 is 10.1 Å². The lowest BCUT2D eigenvalue weighted by atomic mass is 10.1. The Hall–Kier alpha value is -2.76. The minimum atomic E-state index is -0.838. The van der Waals surface area contributed by atoms with Gasteiger partial charge in [-0.25, -0.2) is 4.79 Å². The number of urea groups is 1. The van der Waals surface area contributed by atoms with E-state index in [4.69, 9.17) is 9.84 Å². The molecule has 2 aromatic carbocycles. The molecule has 0 aliphatic carbocycles. The van der Waals surface area contributed by atoms with Gasteiger partial charge < -0.3 is 20.1 Å². The predicted molar refractivity (Wildman–Crippen MR) is 90.1 cm³/mol. The van der Waals surface area contributed by atoms with Crippen molar-refractivity contribution in [1.82, 2.24) is 10.2 Å². The lowest BCUT2D eigenvalue weighted by Gasteiger charge is -2.17. The van der Waals surface area contributed by atoms with Gasteiger partial charge in [0, 0.05) is 19.6 Å². The number of rotatable bonds is 4. The Morgan fingerprint density at radius 1 is 1.25 bits per heavy atom. The number of ether oxygens (including phenoxy) is 1. The molecule has 24 heavy (non-hydrogen) atoms. The van der Waals surface area contributed by atoms with Gasteiger partial charge in [-0.05, 0) is 41.0 Å². The summed E-state index contributed by atoms with van der Waals surface area (Å²) < 4.78 is 5.21. The van der Waals surface area contributed by atoms with Gasteiger partial charge in [-0.15, -0.1) is 0 Å². The Morgan fingerprint density at radius 2 is 2.00 bits per heavy atom. The Labute approximate surface area is 140 Å². The van der Waals surface area contributed by atoms with Crippen LogP contribution in [0.1, 0.15) is 12.0 Å². The van der Waals surface area contributed by atoms with Crippen LogP contribution in [0.15, 0.2) is 36.4 Å². The maximum absolute atomic E-state index is 12.1. The molecule has 1 fully saturated rings. The fraction of sp³-hybridized carbons (Fsp3) is 0.333. The first-order valence-electron chi connectivity index (χ1n) is 7.89. The molecule has 0 saturated carbocycles. The van der Waals surface area contributed by atoms with Crippen molar-refractivity contribution in [1.29, 1.82) is 0 Å². The van der Waals surface area contributed by atoms with Crippen LogP contribution in [0.5, 0.6) is 5.75 Å². The molecule has 0 spiro atoms. The van der Waals surface area contributed by atoms with Gasteiger partial charge in [0.25, 0.3) is 0 Å². The third-order valence-corrected chi connectivity index (χ3v) is 4.38. The molecule has 1 atom stereocenters. The van der Waals surface area contributed by atoms with E-state index in [2.05, 4.69) is 5.32 Å². The summed E-state index contributed by atoms with van der Waals surface area (Å²) in [7, 11) is 1.64. The average Bonchev–Trinajstić information content (AvgIpc) is 3.09. The highest BCUT2D eigenvalue weighted by molar-refractivity contribution is 5.84. The van der Waals surface area contributed by atoms with Crippen LogP contribution in [0, 0.1) is 5.92 Å². The Morgan fingerprint density at radius 3 is 2.71 bits per heavy atom. The third kappa shape index (κ3) is 3.42. The molecule has 2 amide bonds. The van der Waals surface area contributed by atoms with Crippen molar-refractivity contribution in [3.05, 3.63) is 42.0 Å². The summed E-state index contributed by atoms with van der Waals surface area (Å²) in [6.07, 6.45) is 0.514. The first-order chi connectivity index (χ1) is 11.6. The smallest absolute Gasteiger partial charge is 0.317 e. The van der Waals surface area contributed by atoms with Crippen molar-refractivity contribution in [2.75, 3.05) is 20.2 Å². The molecule has 0 radical (unpaired) electrons. The van der Waals surface area contributed by atoms with Crippen molar-refractivity contribution in [3.63, 3.8) is 0 Å². The van der Waals surface area contributed by atoms with Crippen molar-refractivity contribution in [3.8, 4) is 5.75 Å². The van der Waals surface area contributed by atoms with Gasteiger partial charge in [0.15, 0.2) is 0 Å². The SMILES string of the molecule is COc1ccc2cc(CNC(=O)N3CCC(C(=O)O)C3)ccc2c1. The molecular weight excluding hydrogens is 308 g/mol. The molecule has 1 aliphatic heterocycles. The van der Waals surface area contributed by atoms with E-state index in [1.807, 2.05) is 36.4 Å². The fourth-order valence-corrected chi connectivity index (χ4v) is 2.95. The Bertz CT molecular complexity index is 775. The topological polar surface area (TPSA) is 78.9 Å². The number of likely N-dealkylation sites (tertiary alicyclic amines) is 1. The molecule has 1 saturated heterocycles. The summed E-state index contributed by atoms with van der Waals surface area (Å²) in [5.74, 6) is -0.479. The highest BCUT2D eigenvalue weighted by Crippen LogP contribution is 2.22. The number of carbonyl (C=O) groups is 2. The first kappa shape index (κ1) is 16.1. The molecule has 3 rings (SSSR count). The van der Waals surface area contributed by atoms with E-state index >= 15 is 0 Å². The van der Waals surface area contributed by atoms with E-state index in [0.29, 0.717) is 19.5 Å². The van der Waals surface area contributed by atoms with E-state index in [-0.39, 0.29) is 12.6 Å². The number of carboxylic acid groups (broad SMARTS) is 1. The van der Waals surface area contributed by atoms with Crippen LogP contribution in [0.2, 0.25) is 0 Å². The quantitative estimate of drug-likeness (QED) is 0.904. The summed E-state index contributed by atoms with van der Waals surface area (Å²) in [4.78, 5) is 24.7. The second kappa shape index (κ2) is 6.78. The van der Waals surface area contributed by atoms with Crippen LogP contribution in [0.3, 0.4) is 0 Å². The number of nitrogens with zero attached hydrogens (tertiary/aromatic N) is 1. The largest absolute Gasteiger partial charge is 0.497 e. The zero-order valence-corrected chi connectivity index (χ0v) is 13.5. The van der Waals surface area contributed by atoms with Gasteiger partial charge in [0.1, 0.15) is 5.75 Å². The number of hydrogen-bond acceptors (Lipinski definition) is 3. The summed E-state index contributed by atoms with van der Waals surface area (Å²) in [6.45, 7) is 1.17. The van der Waals surface area contributed by atoms with Gasteiger partial charge in [-0.3, -0.25) is 4.79 Å². The van der Waals surface area contributed by atoms with Crippen molar-refractivity contribution >= 4 is 22.8 Å². The van der Waals surface area contributed by atoms with E-state index in [1.165, 1.54) is 0 Å². The Kier molecular flexibility index (Phi) is 4.55. The number of aliphatic carboxylic acids is 1. The van der Waals surface area contributed by atoms with Gasteiger partial charge in [0.05, 0.1) is 13.0 Å². The number of methoxy groups -OCH3 is 1. The zero-order valence-electron chi connectivity index (χ0n) is 13.5. The number of carboxylic acids is 1. The molecule has 0 bridgehead atoms. The maximum atomic E-state index is 12.1. The van der Waals surface area contributed by atoms with Crippen LogP contribution in [0.25, 0.3) is 10.8 Å². The second-order valence-electron chi connectivity index (χ2n) is 5.98. The average molecular weight is 328 g/mol. The molecule has 1 unspecified atom stereocenters. The van der Waals surface area contributed by atoms with Gasteiger partial charge in [-0.1, -0.05) is 18.2 Å². The summed E-state index contributed by atoms with van der Waals surface area (Å²) in [6, 6.07) is 11.6. The molecule has 6 heteroatoms. The monoisotopic (exact) mass is 328 g/mol. The van der Waals surface area contributed by atoms with Crippen molar-refractivity contribution in [2.45, 2.75) is 13.0 Å². The second-order valence-corrected chi connectivity index (χ2v) is 5.98. The maximum Gasteiger partial charge on any atom is 0.317 e. The summed E-state index contributed by atoms with van der Waals surface area (Å²) in [5, 5.41) is 14.0. The molecular formula is C18H20N2O4. The minimum absolute atomic E-state index is 0.214. The molecule has 2 aromatic rings. The number of carbonyl (C=O) groups excluding carboxylic acids is 1. The number of amides is 2. The summed E-state index contributed by atoms with van der Waals surface area (Å²) in [5.41, 5.74) is 0.995. The van der Waals surface area contributed by atoms with Crippen LogP contribution in [0.4, 0.5) is 4.79 Å². The minimum Gasteiger partial charge on any atom is -0.497 e. The number of fused-ring (bicyclic) bond motifs is 1. The zero-order chi connectivity index (χ0) is 17.1. The third-order valence-electron chi connectivity index (χ3n) is 4.38. The van der Waals surface area contributed by atoms with Gasteiger partial charge in [-0.2, -0.15) is 0 Å². The first-order valence-corrected chi connectivity index (χ1v) is 7.89. The van der Waals surface area contributed by atoms with Gasteiger partial charge >= 0.3 is 12.0 Å². The van der Waals surface area contributed by atoms with Crippen LogP contribution in [-0.4, -0.2) is 42.2 Å². The van der Waals surface area contributed by atoms with Gasteiger partial charge in [0.2, 0.25) is 0 Å². The molecule has 0 aromatic heterocycles. The fourth-order valence-electron chi connectivity index (χ4n) is 2.95. The van der Waals surface area contributed by atoms with E-state index in [9.17, 15) is 9.59 Å². The van der Waals surface area contributed by atoms with E-state index in [0.717, 1.165) is 22.1 Å². The van der Waals surface area contributed by atoms with E-state index in [1.54, 1.807) is 12.0 Å². The predicted octanol–water partition coefficient (Wildman–Crippen LogP) is 2.46. The van der Waals surface area contributed by atoms with E-state index < -0.39 is 11.9 Å². The summed E-state index contributed by atoms with van der Waals surface area (Å²) >= 11 is 0. The molecule has 1 aliphatic rings. The standard InChI is InChI=1S/C18H20N2O4/c1-24-16-5-4-13-8-12(2-3-14(13)9-16)10-19-18(23)20-7-6-15(11-20)17(21)22/h2-5,8-9,15H,6-7,10-11H2,1H3,(H,19,23)(H,21,22). The lowest BCUT2D eigenvalue weighted by molar-refractivity contribution is -0.141. The number of benzene rings is 2. The van der Waals surface area contributed by atoms with Crippen LogP contribution >= 0.6 is 0 Å². The molecule has 126 valence electrons. The Balaban J connectivity index is 1.61. The highest BCUT2D eigenvalue weighted by atomic mass is 16.5. The van der Waals surface area contributed by atoms with Crippen molar-refractivity contribution < 1.29 is 19.4 Å². The normalized spacial score (nSPS) is 17.0. The number of nitrogens with one attached hydrogen (secondary N) is 1. The molecule has 1 heterocycles. The molecule has 2 N–H and O–H groups in total. The van der Waals surface area contributed by atoms with Crippen molar-refractivity contribution in [2.24, 2.45) is 5.92 Å². The highest BCUT2D eigenvalue weighted by Gasteiger charge is 2.30. The van der Waals surface area contributed by atoms with Crippen LogP contribution in [-0.2, 0) is 11.3 Å².